The van der Waals surface area contributed by atoms with Crippen LogP contribution < -0.4 is 0 Å². The summed E-state index contributed by atoms with van der Waals surface area (Å²) in [7, 11) is 1.48. The standard InChI is InChI=1S/C10H12ClN3O2S/c1-10(2,3)8-4-9-12-5-7(17(11,15)16)6-14(9)13-8/h4-6H,1-3H3. The summed E-state index contributed by atoms with van der Waals surface area (Å²) >= 11 is 0. The van der Waals surface area contributed by atoms with E-state index in [0.29, 0.717) is 5.65 Å². The molecule has 0 aliphatic heterocycles. The van der Waals surface area contributed by atoms with Gasteiger partial charge in [0.1, 0.15) is 4.90 Å². The van der Waals surface area contributed by atoms with Crippen LogP contribution in [0, 0.1) is 0 Å². The monoisotopic (exact) mass is 273 g/mol. The van der Waals surface area contributed by atoms with Gasteiger partial charge in [0.15, 0.2) is 5.65 Å². The fraction of sp³-hybridized carbons (Fsp3) is 0.400. The minimum Gasteiger partial charge on any atom is -0.236 e. The molecular weight excluding hydrogens is 262 g/mol. The molecule has 2 rings (SSSR count). The van der Waals surface area contributed by atoms with Crippen LogP contribution in [0.25, 0.3) is 5.65 Å². The van der Waals surface area contributed by atoms with Crippen LogP contribution in [0.1, 0.15) is 26.5 Å². The number of rotatable bonds is 1. The van der Waals surface area contributed by atoms with E-state index < -0.39 is 9.05 Å². The molecule has 0 saturated carbocycles. The zero-order chi connectivity index (χ0) is 12.8. The van der Waals surface area contributed by atoms with Crippen LogP contribution in [0.2, 0.25) is 0 Å². The zero-order valence-corrected chi connectivity index (χ0v) is 11.2. The Hall–Kier alpha value is -1.14. The van der Waals surface area contributed by atoms with E-state index in [9.17, 15) is 8.42 Å². The van der Waals surface area contributed by atoms with Gasteiger partial charge in [-0.25, -0.2) is 17.9 Å². The Kier molecular flexibility index (Phi) is 2.67. The predicted octanol–water partition coefficient (Wildman–Crippen LogP) is 1.95. The third kappa shape index (κ3) is 2.42. The minimum atomic E-state index is -3.77. The van der Waals surface area contributed by atoms with Crippen LogP contribution in [0.4, 0.5) is 0 Å². The summed E-state index contributed by atoms with van der Waals surface area (Å²) in [4.78, 5) is 3.96. The topological polar surface area (TPSA) is 64.3 Å². The molecule has 92 valence electrons. The lowest BCUT2D eigenvalue weighted by Crippen LogP contribution is -2.11. The maximum Gasteiger partial charge on any atom is 0.264 e. The maximum absolute atomic E-state index is 11.2. The van der Waals surface area contributed by atoms with E-state index in [2.05, 4.69) is 10.1 Å². The fourth-order valence-electron chi connectivity index (χ4n) is 1.35. The van der Waals surface area contributed by atoms with Gasteiger partial charge in [-0.1, -0.05) is 20.8 Å². The van der Waals surface area contributed by atoms with Crippen molar-refractivity contribution in [1.82, 2.24) is 14.6 Å². The predicted molar refractivity (Wildman–Crippen MR) is 64.7 cm³/mol. The molecule has 0 aliphatic rings. The second-order valence-corrected chi connectivity index (χ2v) is 7.38. The Morgan fingerprint density at radius 3 is 2.53 bits per heavy atom. The van der Waals surface area contributed by atoms with Crippen LogP contribution >= 0.6 is 10.7 Å². The van der Waals surface area contributed by atoms with Crippen LogP contribution in [-0.2, 0) is 14.5 Å². The molecule has 0 bridgehead atoms. The van der Waals surface area contributed by atoms with Crippen molar-refractivity contribution in [1.29, 1.82) is 0 Å². The highest BCUT2D eigenvalue weighted by molar-refractivity contribution is 8.13. The van der Waals surface area contributed by atoms with Gasteiger partial charge in [0.2, 0.25) is 0 Å². The summed E-state index contributed by atoms with van der Waals surface area (Å²) in [5.74, 6) is 0. The average Bonchev–Trinajstić information content (AvgIpc) is 2.57. The normalized spacial score (nSPS) is 13.2. The molecule has 0 saturated heterocycles. The van der Waals surface area contributed by atoms with Crippen molar-refractivity contribution in [2.45, 2.75) is 31.1 Å². The maximum atomic E-state index is 11.2. The van der Waals surface area contributed by atoms with E-state index in [1.807, 2.05) is 26.8 Å². The van der Waals surface area contributed by atoms with Gasteiger partial charge in [-0.05, 0) is 0 Å². The molecule has 2 heterocycles. The summed E-state index contributed by atoms with van der Waals surface area (Å²) < 4.78 is 23.8. The highest BCUT2D eigenvalue weighted by Gasteiger charge is 2.19. The summed E-state index contributed by atoms with van der Waals surface area (Å²) in [5.41, 5.74) is 1.32. The first-order chi connectivity index (χ1) is 7.68. The lowest BCUT2D eigenvalue weighted by molar-refractivity contribution is 0.562. The first-order valence-corrected chi connectivity index (χ1v) is 7.29. The van der Waals surface area contributed by atoms with Crippen LogP contribution in [0.3, 0.4) is 0 Å². The van der Waals surface area contributed by atoms with Crippen molar-refractivity contribution in [2.24, 2.45) is 0 Å². The third-order valence-electron chi connectivity index (χ3n) is 2.34. The molecule has 0 unspecified atom stereocenters. The minimum absolute atomic E-state index is 0.0600. The molecule has 0 spiro atoms. The molecule has 0 radical (unpaired) electrons. The van der Waals surface area contributed by atoms with E-state index in [-0.39, 0.29) is 10.3 Å². The van der Waals surface area contributed by atoms with E-state index in [0.717, 1.165) is 5.69 Å². The average molecular weight is 274 g/mol. The SMILES string of the molecule is CC(C)(C)c1cc2ncc(S(=O)(=O)Cl)cn2n1. The molecule has 7 heteroatoms. The Morgan fingerprint density at radius 2 is 2.00 bits per heavy atom. The van der Waals surface area contributed by atoms with Gasteiger partial charge in [-0.2, -0.15) is 5.10 Å². The highest BCUT2D eigenvalue weighted by atomic mass is 35.7. The van der Waals surface area contributed by atoms with Gasteiger partial charge in [-0.3, -0.25) is 0 Å². The van der Waals surface area contributed by atoms with Crippen molar-refractivity contribution >= 4 is 25.4 Å². The van der Waals surface area contributed by atoms with Crippen molar-refractivity contribution in [2.75, 3.05) is 0 Å². The molecule has 0 aromatic carbocycles. The molecule has 2 aromatic heterocycles. The summed E-state index contributed by atoms with van der Waals surface area (Å²) in [6.07, 6.45) is 2.59. The molecule has 0 N–H and O–H groups in total. The first-order valence-electron chi connectivity index (χ1n) is 4.98. The van der Waals surface area contributed by atoms with Gasteiger partial charge < -0.3 is 0 Å². The third-order valence-corrected chi connectivity index (χ3v) is 3.65. The molecule has 2 aromatic rings. The molecule has 5 nitrogen and oxygen atoms in total. The van der Waals surface area contributed by atoms with E-state index in [1.165, 1.54) is 16.9 Å². The number of hydrogen-bond donors (Lipinski definition) is 0. The van der Waals surface area contributed by atoms with Gasteiger partial charge in [-0.15, -0.1) is 0 Å². The van der Waals surface area contributed by atoms with Crippen molar-refractivity contribution in [3.8, 4) is 0 Å². The Balaban J connectivity index is 2.64. The molecule has 17 heavy (non-hydrogen) atoms. The van der Waals surface area contributed by atoms with Gasteiger partial charge >= 0.3 is 0 Å². The smallest absolute Gasteiger partial charge is 0.236 e. The second-order valence-electron chi connectivity index (χ2n) is 4.81. The Bertz CT molecular complexity index is 670. The quantitative estimate of drug-likeness (QED) is 0.745. The van der Waals surface area contributed by atoms with Crippen LogP contribution in [-0.4, -0.2) is 23.0 Å². The zero-order valence-electron chi connectivity index (χ0n) is 9.68. The van der Waals surface area contributed by atoms with Crippen molar-refractivity contribution < 1.29 is 8.42 Å². The highest BCUT2D eigenvalue weighted by Crippen LogP contribution is 2.22. The van der Waals surface area contributed by atoms with E-state index in [1.54, 1.807) is 0 Å². The molecule has 0 aliphatic carbocycles. The second kappa shape index (κ2) is 3.68. The van der Waals surface area contributed by atoms with Crippen molar-refractivity contribution in [3.63, 3.8) is 0 Å². The number of nitrogens with zero attached hydrogens (tertiary/aromatic N) is 3. The van der Waals surface area contributed by atoms with Gasteiger partial charge in [0.05, 0.1) is 18.1 Å². The van der Waals surface area contributed by atoms with Crippen molar-refractivity contribution in [3.05, 3.63) is 24.2 Å². The lowest BCUT2D eigenvalue weighted by Gasteiger charge is -2.13. The summed E-state index contributed by atoms with van der Waals surface area (Å²) in [6.45, 7) is 6.07. The largest absolute Gasteiger partial charge is 0.264 e. The first kappa shape index (κ1) is 12.3. The lowest BCUT2D eigenvalue weighted by atomic mass is 9.93. The number of hydrogen-bond acceptors (Lipinski definition) is 4. The number of aromatic nitrogens is 3. The summed E-state index contributed by atoms with van der Waals surface area (Å²) in [6, 6.07) is 1.82. The molecular formula is C10H12ClN3O2S. The number of halogens is 1. The van der Waals surface area contributed by atoms with Crippen LogP contribution in [0.15, 0.2) is 23.4 Å². The van der Waals surface area contributed by atoms with Crippen LogP contribution in [0.5, 0.6) is 0 Å². The van der Waals surface area contributed by atoms with Gasteiger partial charge in [0, 0.05) is 22.2 Å². The van der Waals surface area contributed by atoms with E-state index in [4.69, 9.17) is 10.7 Å². The Morgan fingerprint density at radius 1 is 1.35 bits per heavy atom. The van der Waals surface area contributed by atoms with E-state index >= 15 is 0 Å². The van der Waals surface area contributed by atoms with Gasteiger partial charge in [0.25, 0.3) is 9.05 Å². The fourth-order valence-corrected chi connectivity index (χ4v) is 2.00. The number of fused-ring (bicyclic) bond motifs is 1. The molecule has 0 atom stereocenters. The summed E-state index contributed by atoms with van der Waals surface area (Å²) in [5, 5.41) is 4.29. The Labute approximate surface area is 104 Å². The molecule has 0 amide bonds. The molecule has 0 fully saturated rings.